The van der Waals surface area contributed by atoms with E-state index in [9.17, 15) is 9.36 Å². The van der Waals surface area contributed by atoms with E-state index >= 15 is 0 Å². The zero-order valence-corrected chi connectivity index (χ0v) is 29.1. The maximum atomic E-state index is 13.0. The van der Waals surface area contributed by atoms with Crippen LogP contribution < -0.4 is 0 Å². The van der Waals surface area contributed by atoms with Crippen molar-refractivity contribution in [2.45, 2.75) is 134 Å². The smallest absolute Gasteiger partial charge is 0.344 e. The second kappa shape index (κ2) is 19.3. The highest BCUT2D eigenvalue weighted by atomic mass is 31.2. The molecule has 1 fully saturated rings. The topological polar surface area (TPSA) is 89.5 Å². The predicted molar refractivity (Wildman–Crippen MR) is 168 cm³/mol. The van der Waals surface area contributed by atoms with Gasteiger partial charge in [0.1, 0.15) is 0 Å². The molecule has 0 N–H and O–H groups in total. The van der Waals surface area contributed by atoms with Gasteiger partial charge in [0.15, 0.2) is 11.9 Å². The van der Waals surface area contributed by atoms with Crippen molar-refractivity contribution in [3.63, 3.8) is 0 Å². The monoisotopic (exact) mass is 616 g/mol. The van der Waals surface area contributed by atoms with Gasteiger partial charge >= 0.3 is 13.6 Å². The van der Waals surface area contributed by atoms with E-state index in [0.717, 1.165) is 44.3 Å². The summed E-state index contributed by atoms with van der Waals surface area (Å²) in [5.41, 5.74) is 1.07. The van der Waals surface area contributed by atoms with Gasteiger partial charge in [-0.25, -0.2) is 0 Å². The summed E-state index contributed by atoms with van der Waals surface area (Å²) < 4.78 is 46.7. The molecule has 0 spiro atoms. The van der Waals surface area contributed by atoms with E-state index in [1.54, 1.807) is 0 Å². The highest BCUT2D eigenvalue weighted by Crippen LogP contribution is 2.53. The Balaban J connectivity index is 2.94. The van der Waals surface area contributed by atoms with E-state index in [1.807, 2.05) is 0 Å². The number of ether oxygens (including phenoxy) is 3. The number of carbonyl (C=O) groups is 1. The van der Waals surface area contributed by atoms with E-state index in [2.05, 4.69) is 60.0 Å². The van der Waals surface area contributed by atoms with Crippen molar-refractivity contribution in [2.75, 3.05) is 34.5 Å². The first kappa shape index (κ1) is 38.0. The van der Waals surface area contributed by atoms with Crippen LogP contribution in [0.2, 0.25) is 16.6 Å². The van der Waals surface area contributed by atoms with E-state index in [4.69, 9.17) is 27.7 Å². The lowest BCUT2D eigenvalue weighted by Gasteiger charge is -2.44. The number of hydrogen-bond donors (Lipinski definition) is 0. The fraction of sp³-hybridized carbons (Fsp3) is 0.839. The molecule has 41 heavy (non-hydrogen) atoms. The number of unbranched alkanes of at least 4 members (excludes halogenated alkanes) is 2. The molecule has 3 unspecified atom stereocenters. The Morgan fingerprint density at radius 1 is 0.976 bits per heavy atom. The minimum absolute atomic E-state index is 0.0777. The van der Waals surface area contributed by atoms with Gasteiger partial charge in [-0.2, -0.15) is 0 Å². The molecular formula is C31H57O8PSi. The van der Waals surface area contributed by atoms with Crippen LogP contribution in [0.1, 0.15) is 99.3 Å². The largest absolute Gasteiger partial charge is 0.468 e. The van der Waals surface area contributed by atoms with Crippen LogP contribution in [0.4, 0.5) is 0 Å². The Bertz CT molecular complexity index is 859. The predicted octanol–water partition coefficient (Wildman–Crippen LogP) is 8.02. The van der Waals surface area contributed by atoms with Gasteiger partial charge < -0.3 is 27.7 Å². The van der Waals surface area contributed by atoms with Gasteiger partial charge in [-0.1, -0.05) is 72.8 Å². The summed E-state index contributed by atoms with van der Waals surface area (Å²) in [5, 5.41) is 0. The SMILES string of the molecule is C=C(C#CCCCOC1CCCCO1)C(CCCCC(C(=O)OC)P(=O)(OC)OC)O[Si](C(C)C)(C(C)C)C(C)C. The summed E-state index contributed by atoms with van der Waals surface area (Å²) in [6.07, 6.45) is 6.86. The third-order valence-corrected chi connectivity index (χ3v) is 16.5. The van der Waals surface area contributed by atoms with Gasteiger partial charge in [0.25, 0.3) is 0 Å². The van der Waals surface area contributed by atoms with Gasteiger partial charge in [0, 0.05) is 32.8 Å². The van der Waals surface area contributed by atoms with Gasteiger partial charge in [0.05, 0.1) is 19.8 Å². The normalized spacial score (nSPS) is 17.8. The molecule has 1 rings (SSSR count). The second-order valence-corrected chi connectivity index (χ2v) is 19.6. The Morgan fingerprint density at radius 3 is 2.10 bits per heavy atom. The number of rotatable bonds is 19. The molecule has 0 saturated carbocycles. The van der Waals surface area contributed by atoms with Crippen LogP contribution in [-0.2, 0) is 37.0 Å². The van der Waals surface area contributed by atoms with E-state index in [1.165, 1.54) is 21.3 Å². The molecule has 1 aliphatic heterocycles. The van der Waals surface area contributed by atoms with Crippen LogP contribution in [0.5, 0.6) is 0 Å². The molecular weight excluding hydrogens is 559 g/mol. The molecule has 0 bridgehead atoms. The molecule has 0 aromatic carbocycles. The van der Waals surface area contributed by atoms with Crippen molar-refractivity contribution in [1.29, 1.82) is 0 Å². The fourth-order valence-electron chi connectivity index (χ4n) is 5.97. The summed E-state index contributed by atoms with van der Waals surface area (Å²) in [5.74, 6) is 5.97. The Hall–Kier alpha value is -0.983. The first-order valence-electron chi connectivity index (χ1n) is 15.3. The second-order valence-electron chi connectivity index (χ2n) is 11.8. The minimum atomic E-state index is -3.61. The zero-order chi connectivity index (χ0) is 31.1. The summed E-state index contributed by atoms with van der Waals surface area (Å²) in [4.78, 5) is 12.4. The summed E-state index contributed by atoms with van der Waals surface area (Å²) in [6.45, 7) is 19.3. The van der Waals surface area contributed by atoms with Crippen molar-refractivity contribution < 1.29 is 37.0 Å². The minimum Gasteiger partial charge on any atom is -0.468 e. The van der Waals surface area contributed by atoms with Gasteiger partial charge in [-0.15, -0.1) is 0 Å². The zero-order valence-electron chi connectivity index (χ0n) is 27.2. The van der Waals surface area contributed by atoms with Crippen molar-refractivity contribution >= 4 is 21.9 Å². The van der Waals surface area contributed by atoms with Crippen LogP contribution in [0, 0.1) is 11.8 Å². The van der Waals surface area contributed by atoms with Gasteiger partial charge in [0.2, 0.25) is 8.32 Å². The molecule has 0 aromatic heterocycles. The molecule has 238 valence electrons. The van der Waals surface area contributed by atoms with Crippen LogP contribution in [0.25, 0.3) is 0 Å². The van der Waals surface area contributed by atoms with Crippen LogP contribution in [0.3, 0.4) is 0 Å². The average Bonchev–Trinajstić information content (AvgIpc) is 2.95. The summed E-state index contributed by atoms with van der Waals surface area (Å²) >= 11 is 0. The maximum absolute atomic E-state index is 13.0. The molecule has 3 atom stereocenters. The average molecular weight is 617 g/mol. The van der Waals surface area contributed by atoms with E-state index < -0.39 is 27.5 Å². The van der Waals surface area contributed by atoms with Gasteiger partial charge in [-0.3, -0.25) is 9.36 Å². The first-order chi connectivity index (χ1) is 19.4. The third kappa shape index (κ3) is 11.6. The Morgan fingerprint density at radius 2 is 1.59 bits per heavy atom. The van der Waals surface area contributed by atoms with Crippen molar-refractivity contribution in [2.24, 2.45) is 0 Å². The lowest BCUT2D eigenvalue weighted by Crippen LogP contribution is -2.50. The summed E-state index contributed by atoms with van der Waals surface area (Å²) in [6, 6.07) is 0. The van der Waals surface area contributed by atoms with Crippen molar-refractivity contribution in [3.8, 4) is 11.8 Å². The molecule has 0 aliphatic carbocycles. The van der Waals surface area contributed by atoms with Gasteiger partial charge in [-0.05, 0) is 55.1 Å². The third-order valence-electron chi connectivity index (χ3n) is 8.14. The number of carbonyl (C=O) groups excluding carboxylic acids is 1. The molecule has 1 aliphatic rings. The highest BCUT2D eigenvalue weighted by Gasteiger charge is 2.47. The molecule has 1 saturated heterocycles. The lowest BCUT2D eigenvalue weighted by atomic mass is 10.0. The number of hydrogen-bond acceptors (Lipinski definition) is 8. The van der Waals surface area contributed by atoms with E-state index in [0.29, 0.717) is 48.9 Å². The van der Waals surface area contributed by atoms with Crippen LogP contribution in [-0.4, -0.2) is 66.9 Å². The molecule has 8 nitrogen and oxygen atoms in total. The lowest BCUT2D eigenvalue weighted by molar-refractivity contribution is -0.162. The molecule has 0 aromatic rings. The molecule has 0 radical (unpaired) electrons. The fourth-order valence-corrected chi connectivity index (χ4v) is 13.1. The number of esters is 1. The summed E-state index contributed by atoms with van der Waals surface area (Å²) in [7, 11) is -1.96. The first-order valence-corrected chi connectivity index (χ1v) is 19.0. The van der Waals surface area contributed by atoms with Crippen molar-refractivity contribution in [3.05, 3.63) is 12.2 Å². The Kier molecular flexibility index (Phi) is 17.9. The van der Waals surface area contributed by atoms with Crippen molar-refractivity contribution in [1.82, 2.24) is 0 Å². The van der Waals surface area contributed by atoms with Crippen LogP contribution >= 0.6 is 7.60 Å². The maximum Gasteiger partial charge on any atom is 0.344 e. The number of methoxy groups -OCH3 is 1. The Labute approximate surface area is 251 Å². The molecule has 10 heteroatoms. The molecule has 0 amide bonds. The van der Waals surface area contributed by atoms with E-state index in [-0.39, 0.29) is 12.4 Å². The standard InChI is InChI=1S/C31H57O8PSi/c1-24(2)41(25(3)4,26(5)6)39-28(19-13-14-20-29(31(32)34-8)40(33,35-9)36-10)27(7)18-12-11-16-22-37-30-21-15-17-23-38-30/h24-26,28-30H,7,11,13-17,19-23H2,1-6,8-10H3. The highest BCUT2D eigenvalue weighted by molar-refractivity contribution is 7.55. The molecule has 1 heterocycles. The quantitative estimate of drug-likeness (QED) is 0.0474. The van der Waals surface area contributed by atoms with Crippen LogP contribution in [0.15, 0.2) is 12.2 Å².